The number of aryl methyl sites for hydroxylation is 1. The molecule has 0 spiro atoms. The van der Waals surface area contributed by atoms with E-state index in [-0.39, 0.29) is 16.0 Å². The van der Waals surface area contributed by atoms with E-state index in [4.69, 9.17) is 13.9 Å². The largest absolute Gasteiger partial charge is 0.497 e. The van der Waals surface area contributed by atoms with E-state index in [1.807, 2.05) is 6.92 Å². The minimum absolute atomic E-state index is 0.0215. The predicted octanol–water partition coefficient (Wildman–Crippen LogP) is 3.80. The molecule has 2 N–H and O–H groups in total. The Hall–Kier alpha value is -4.31. The van der Waals surface area contributed by atoms with Crippen LogP contribution in [-0.4, -0.2) is 28.5 Å². The molecule has 0 radical (unpaired) electrons. The van der Waals surface area contributed by atoms with Gasteiger partial charge in [0, 0.05) is 11.1 Å². The van der Waals surface area contributed by atoms with Crippen molar-refractivity contribution in [2.45, 2.75) is 11.8 Å². The quantitative estimate of drug-likeness (QED) is 0.378. The first-order chi connectivity index (χ1) is 16.8. The predicted molar refractivity (Wildman–Crippen MR) is 131 cm³/mol. The van der Waals surface area contributed by atoms with Crippen LogP contribution in [0.4, 0.5) is 5.69 Å². The van der Waals surface area contributed by atoms with Crippen LogP contribution in [0.1, 0.15) is 15.9 Å². The summed E-state index contributed by atoms with van der Waals surface area (Å²) in [5.74, 6) is 0.497. The molecule has 35 heavy (non-hydrogen) atoms. The summed E-state index contributed by atoms with van der Waals surface area (Å²) >= 11 is 0. The molecule has 0 unspecified atom stereocenters. The van der Waals surface area contributed by atoms with Gasteiger partial charge in [0.15, 0.2) is 11.3 Å². The molecule has 0 aliphatic heterocycles. The van der Waals surface area contributed by atoms with E-state index < -0.39 is 15.9 Å². The van der Waals surface area contributed by atoms with Gasteiger partial charge in [0.25, 0.3) is 15.9 Å². The van der Waals surface area contributed by atoms with E-state index in [1.165, 1.54) is 19.2 Å². The number of anilines is 1. The Bertz CT molecular complexity index is 1540. The fourth-order valence-corrected chi connectivity index (χ4v) is 4.08. The van der Waals surface area contributed by atoms with E-state index in [9.17, 15) is 13.2 Å². The molecule has 3 aromatic carbocycles. The molecule has 4 rings (SSSR count). The topological polar surface area (TPSA) is 119 Å². The highest BCUT2D eigenvalue weighted by atomic mass is 32.2. The van der Waals surface area contributed by atoms with Crippen LogP contribution < -0.4 is 25.2 Å². The molecule has 1 aromatic heterocycles. The van der Waals surface area contributed by atoms with Gasteiger partial charge in [-0.2, -0.15) is 13.2 Å². The number of benzene rings is 3. The van der Waals surface area contributed by atoms with Gasteiger partial charge in [-0.05, 0) is 55.5 Å². The summed E-state index contributed by atoms with van der Waals surface area (Å²) in [6, 6.07) is 19.8. The van der Waals surface area contributed by atoms with Gasteiger partial charge >= 0.3 is 0 Å². The number of nitrogens with one attached hydrogen (secondary N) is 2. The zero-order chi connectivity index (χ0) is 25.0. The van der Waals surface area contributed by atoms with Crippen molar-refractivity contribution in [1.29, 1.82) is 0 Å². The van der Waals surface area contributed by atoms with E-state index in [1.54, 1.807) is 67.8 Å². The van der Waals surface area contributed by atoms with Crippen molar-refractivity contribution in [2.24, 2.45) is 5.10 Å². The third-order valence-corrected chi connectivity index (χ3v) is 6.37. The maximum atomic E-state index is 13.1. The Morgan fingerprint density at radius 3 is 2.31 bits per heavy atom. The first-order valence-electron chi connectivity index (χ1n) is 10.5. The lowest BCUT2D eigenvalue weighted by atomic mass is 10.1. The van der Waals surface area contributed by atoms with Crippen molar-refractivity contribution in [3.63, 3.8) is 0 Å². The van der Waals surface area contributed by atoms with Crippen LogP contribution in [0.25, 0.3) is 11.0 Å². The van der Waals surface area contributed by atoms with Gasteiger partial charge in [0.1, 0.15) is 11.3 Å². The number of amides is 1. The van der Waals surface area contributed by atoms with E-state index in [0.717, 1.165) is 5.56 Å². The summed E-state index contributed by atoms with van der Waals surface area (Å²) in [6.07, 6.45) is 0. The second-order valence-corrected chi connectivity index (χ2v) is 9.21. The maximum absolute atomic E-state index is 13.1. The number of rotatable bonds is 7. The number of fused-ring (bicyclic) bond motifs is 1. The number of carbonyl (C=O) groups is 1. The summed E-state index contributed by atoms with van der Waals surface area (Å²) in [7, 11) is -0.984. The molecule has 0 saturated heterocycles. The van der Waals surface area contributed by atoms with Crippen LogP contribution in [0, 0.1) is 6.92 Å². The third-order valence-electron chi connectivity index (χ3n) is 5.15. The van der Waals surface area contributed by atoms with Gasteiger partial charge in [0.2, 0.25) is 5.55 Å². The summed E-state index contributed by atoms with van der Waals surface area (Å²) in [5.41, 5.74) is 1.52. The van der Waals surface area contributed by atoms with Gasteiger partial charge in [-0.1, -0.05) is 29.8 Å². The number of methoxy groups -OCH3 is 2. The first-order valence-corrected chi connectivity index (χ1v) is 12.0. The summed E-state index contributed by atoms with van der Waals surface area (Å²) in [5, 5.41) is 7.28. The molecule has 1 heterocycles. The molecule has 1 amide bonds. The van der Waals surface area contributed by atoms with Crippen LogP contribution in [0.5, 0.6) is 11.5 Å². The Morgan fingerprint density at radius 1 is 0.943 bits per heavy atom. The lowest BCUT2D eigenvalue weighted by Gasteiger charge is -2.09. The highest BCUT2D eigenvalue weighted by molar-refractivity contribution is 7.89. The smallest absolute Gasteiger partial charge is 0.276 e. The lowest BCUT2D eigenvalue weighted by Crippen LogP contribution is -2.27. The van der Waals surface area contributed by atoms with Gasteiger partial charge < -0.3 is 19.2 Å². The molecule has 0 atom stereocenters. The minimum atomic E-state index is -4.01. The van der Waals surface area contributed by atoms with Crippen molar-refractivity contribution < 1.29 is 27.1 Å². The molecule has 0 aliphatic carbocycles. The fraction of sp³-hybridized carbons (Fsp3) is 0.120. The van der Waals surface area contributed by atoms with E-state index in [0.29, 0.717) is 28.2 Å². The maximum Gasteiger partial charge on any atom is 0.276 e. The summed E-state index contributed by atoms with van der Waals surface area (Å²) in [4.78, 5) is 15.3. The van der Waals surface area contributed by atoms with Crippen LogP contribution in [0.3, 0.4) is 0 Å². The number of carbonyl (C=O) groups excluding carboxylic acids is 1. The lowest BCUT2D eigenvalue weighted by molar-refractivity contribution is 0.102. The van der Waals surface area contributed by atoms with Crippen molar-refractivity contribution in [1.82, 2.24) is 4.83 Å². The van der Waals surface area contributed by atoms with Gasteiger partial charge in [-0.25, -0.2) is 0 Å². The average molecular weight is 494 g/mol. The number of hydrogen-bond acceptors (Lipinski definition) is 7. The normalized spacial score (nSPS) is 11.8. The fourth-order valence-electron chi connectivity index (χ4n) is 3.28. The van der Waals surface area contributed by atoms with Gasteiger partial charge in [-0.3, -0.25) is 4.79 Å². The van der Waals surface area contributed by atoms with Crippen LogP contribution in [-0.2, 0) is 10.0 Å². The molecule has 10 heteroatoms. The molecule has 0 fully saturated rings. The SMILES string of the molecule is COc1ccc(NC(=O)c2cc3cccc(OC)c3o/c2=N/NS(=O)(=O)c2ccc(C)cc2)cc1. The van der Waals surface area contributed by atoms with E-state index in [2.05, 4.69) is 15.2 Å². The molecular weight excluding hydrogens is 470 g/mol. The Kier molecular flexibility index (Phi) is 6.74. The molecule has 4 aromatic rings. The molecule has 0 bridgehead atoms. The summed E-state index contributed by atoms with van der Waals surface area (Å²) < 4.78 is 41.8. The van der Waals surface area contributed by atoms with Crippen molar-refractivity contribution in [3.05, 3.63) is 89.5 Å². The van der Waals surface area contributed by atoms with Crippen molar-refractivity contribution in [2.75, 3.05) is 19.5 Å². The highest BCUT2D eigenvalue weighted by Crippen LogP contribution is 2.25. The van der Waals surface area contributed by atoms with Crippen molar-refractivity contribution >= 4 is 32.6 Å². The molecule has 180 valence electrons. The number of nitrogens with zero attached hydrogens (tertiary/aromatic N) is 1. The monoisotopic (exact) mass is 493 g/mol. The molecular formula is C25H23N3O6S. The van der Waals surface area contributed by atoms with Crippen LogP contribution in [0.2, 0.25) is 0 Å². The molecule has 0 aliphatic rings. The minimum Gasteiger partial charge on any atom is -0.497 e. The summed E-state index contributed by atoms with van der Waals surface area (Å²) in [6.45, 7) is 1.85. The van der Waals surface area contributed by atoms with Crippen LogP contribution in [0.15, 0.2) is 87.2 Å². The second-order valence-electron chi connectivity index (χ2n) is 7.55. The average Bonchev–Trinajstić information content (AvgIpc) is 2.87. The number of hydrogen-bond donors (Lipinski definition) is 2. The number of para-hydroxylation sites is 1. The zero-order valence-corrected chi connectivity index (χ0v) is 20.0. The van der Waals surface area contributed by atoms with Gasteiger partial charge in [-0.15, -0.1) is 5.10 Å². The number of ether oxygens (including phenoxy) is 2. The molecule has 9 nitrogen and oxygen atoms in total. The number of sulfonamides is 1. The van der Waals surface area contributed by atoms with Crippen LogP contribution >= 0.6 is 0 Å². The molecule has 0 saturated carbocycles. The Morgan fingerprint density at radius 2 is 1.66 bits per heavy atom. The van der Waals surface area contributed by atoms with Crippen molar-refractivity contribution in [3.8, 4) is 11.5 Å². The van der Waals surface area contributed by atoms with Gasteiger partial charge in [0.05, 0.1) is 19.1 Å². The highest BCUT2D eigenvalue weighted by Gasteiger charge is 2.17. The Balaban J connectivity index is 1.77. The van der Waals surface area contributed by atoms with E-state index >= 15 is 0 Å². The zero-order valence-electron chi connectivity index (χ0n) is 19.2. The standard InChI is InChI=1S/C25H23N3O6S/c1-16-7-13-20(14-8-16)35(30,31)28-27-25-21(15-17-5-4-6-22(33-3)23(17)34-25)24(29)26-18-9-11-19(32-2)12-10-18/h4-15,28H,1-3H3,(H,26,29)/b27-25+. The second kappa shape index (κ2) is 9.90. The first kappa shape index (κ1) is 23.8. The Labute approximate surface area is 202 Å². The third kappa shape index (κ3) is 5.28.